The van der Waals surface area contributed by atoms with Gasteiger partial charge in [-0.2, -0.15) is 9.78 Å². The molecule has 0 radical (unpaired) electrons. The van der Waals surface area contributed by atoms with Gasteiger partial charge in [-0.3, -0.25) is 9.59 Å². The molecule has 1 aliphatic rings. The van der Waals surface area contributed by atoms with Crippen molar-refractivity contribution in [2.45, 2.75) is 18.9 Å². The predicted octanol–water partition coefficient (Wildman–Crippen LogP) is 2.65. The average molecular weight is 331 g/mol. The van der Waals surface area contributed by atoms with Crippen molar-refractivity contribution < 1.29 is 4.79 Å². The molecule has 1 aromatic heterocycles. The SMILES string of the molecule is O=C(NC1CCc2ccccc21)c1ccc(=O)n(-c2ccccc2)n1. The second kappa shape index (κ2) is 6.36. The van der Waals surface area contributed by atoms with Gasteiger partial charge in [-0.05, 0) is 42.2 Å². The van der Waals surface area contributed by atoms with E-state index in [2.05, 4.69) is 16.5 Å². The van der Waals surface area contributed by atoms with Crippen molar-refractivity contribution in [3.63, 3.8) is 0 Å². The third-order valence-electron chi connectivity index (χ3n) is 4.47. The second-order valence-corrected chi connectivity index (χ2v) is 6.07. The molecule has 1 amide bonds. The van der Waals surface area contributed by atoms with Crippen LogP contribution in [0.4, 0.5) is 0 Å². The van der Waals surface area contributed by atoms with Crippen LogP contribution in [-0.2, 0) is 6.42 Å². The van der Waals surface area contributed by atoms with Gasteiger partial charge in [0.2, 0.25) is 0 Å². The first-order valence-corrected chi connectivity index (χ1v) is 8.27. The lowest BCUT2D eigenvalue weighted by Gasteiger charge is -2.14. The van der Waals surface area contributed by atoms with E-state index in [9.17, 15) is 9.59 Å². The molecule has 1 aliphatic carbocycles. The summed E-state index contributed by atoms with van der Waals surface area (Å²) in [5, 5.41) is 7.27. The maximum Gasteiger partial charge on any atom is 0.272 e. The highest BCUT2D eigenvalue weighted by Gasteiger charge is 2.24. The van der Waals surface area contributed by atoms with E-state index in [1.54, 1.807) is 12.1 Å². The fourth-order valence-electron chi connectivity index (χ4n) is 3.23. The Labute approximate surface area is 144 Å². The molecular weight excluding hydrogens is 314 g/mol. The van der Waals surface area contributed by atoms with Crippen LogP contribution in [0.1, 0.15) is 34.1 Å². The summed E-state index contributed by atoms with van der Waals surface area (Å²) < 4.78 is 1.25. The van der Waals surface area contributed by atoms with Crippen molar-refractivity contribution in [3.05, 3.63) is 93.9 Å². The summed E-state index contributed by atoms with van der Waals surface area (Å²) in [5.74, 6) is -0.272. The third-order valence-corrected chi connectivity index (χ3v) is 4.47. The summed E-state index contributed by atoms with van der Waals surface area (Å²) in [4.78, 5) is 24.7. The lowest BCUT2D eigenvalue weighted by Crippen LogP contribution is -2.31. The molecule has 1 unspecified atom stereocenters. The number of para-hydroxylation sites is 1. The number of fused-ring (bicyclic) bond motifs is 1. The molecule has 1 N–H and O–H groups in total. The minimum Gasteiger partial charge on any atom is -0.344 e. The molecule has 4 rings (SSSR count). The van der Waals surface area contributed by atoms with E-state index >= 15 is 0 Å². The first kappa shape index (κ1) is 15.3. The summed E-state index contributed by atoms with van der Waals surface area (Å²) in [7, 11) is 0. The van der Waals surface area contributed by atoms with Crippen molar-refractivity contribution in [3.8, 4) is 5.69 Å². The van der Waals surface area contributed by atoms with Crippen LogP contribution in [0.2, 0.25) is 0 Å². The first-order valence-electron chi connectivity index (χ1n) is 8.27. The fraction of sp³-hybridized carbons (Fsp3) is 0.150. The molecule has 0 aliphatic heterocycles. The third kappa shape index (κ3) is 2.96. The Kier molecular flexibility index (Phi) is 3.90. The average Bonchev–Trinajstić information content (AvgIpc) is 3.06. The fourth-order valence-corrected chi connectivity index (χ4v) is 3.23. The zero-order chi connectivity index (χ0) is 17.2. The highest BCUT2D eigenvalue weighted by Crippen LogP contribution is 2.30. The molecule has 1 heterocycles. The van der Waals surface area contributed by atoms with Crippen LogP contribution in [0.25, 0.3) is 5.69 Å². The van der Waals surface area contributed by atoms with Gasteiger partial charge in [0.1, 0.15) is 5.69 Å². The summed E-state index contributed by atoms with van der Waals surface area (Å²) in [6.07, 6.45) is 1.83. The Morgan fingerprint density at radius 2 is 1.76 bits per heavy atom. The van der Waals surface area contributed by atoms with Crippen LogP contribution in [0.15, 0.2) is 71.5 Å². The van der Waals surface area contributed by atoms with Crippen LogP contribution >= 0.6 is 0 Å². The molecule has 0 spiro atoms. The van der Waals surface area contributed by atoms with Crippen molar-refractivity contribution in [2.75, 3.05) is 0 Å². The van der Waals surface area contributed by atoms with E-state index in [1.165, 1.54) is 22.4 Å². The molecule has 0 saturated heterocycles. The Morgan fingerprint density at radius 3 is 2.60 bits per heavy atom. The minimum atomic E-state index is -0.272. The number of aryl methyl sites for hydroxylation is 1. The standard InChI is InChI=1S/C20H17N3O2/c24-19-13-12-18(22-23(19)15-7-2-1-3-8-15)20(25)21-17-11-10-14-6-4-5-9-16(14)17/h1-9,12-13,17H,10-11H2,(H,21,25). The highest BCUT2D eigenvalue weighted by molar-refractivity contribution is 5.92. The number of benzene rings is 2. The topological polar surface area (TPSA) is 64.0 Å². The van der Waals surface area contributed by atoms with E-state index < -0.39 is 0 Å². The molecule has 2 aromatic carbocycles. The number of nitrogens with one attached hydrogen (secondary N) is 1. The van der Waals surface area contributed by atoms with Gasteiger partial charge in [0.25, 0.3) is 11.5 Å². The van der Waals surface area contributed by atoms with Gasteiger partial charge in [-0.15, -0.1) is 0 Å². The molecule has 0 fully saturated rings. The molecular formula is C20H17N3O2. The van der Waals surface area contributed by atoms with E-state index in [1.807, 2.05) is 36.4 Å². The Bertz CT molecular complexity index is 979. The van der Waals surface area contributed by atoms with Gasteiger partial charge in [0.15, 0.2) is 0 Å². The number of hydrogen-bond donors (Lipinski definition) is 1. The van der Waals surface area contributed by atoms with Gasteiger partial charge >= 0.3 is 0 Å². The molecule has 0 saturated carbocycles. The molecule has 3 aromatic rings. The van der Waals surface area contributed by atoms with Crippen LogP contribution in [0.5, 0.6) is 0 Å². The maximum absolute atomic E-state index is 12.6. The smallest absolute Gasteiger partial charge is 0.272 e. The summed E-state index contributed by atoms with van der Waals surface area (Å²) in [5.41, 5.74) is 3.03. The van der Waals surface area contributed by atoms with E-state index in [0.717, 1.165) is 18.4 Å². The molecule has 1 atom stereocenters. The highest BCUT2D eigenvalue weighted by atomic mass is 16.2. The summed E-state index contributed by atoms with van der Waals surface area (Å²) in [6, 6.07) is 20.0. The Balaban J connectivity index is 1.61. The lowest BCUT2D eigenvalue weighted by atomic mass is 10.1. The molecule has 25 heavy (non-hydrogen) atoms. The van der Waals surface area contributed by atoms with Gasteiger partial charge in [0.05, 0.1) is 11.7 Å². The summed E-state index contributed by atoms with van der Waals surface area (Å²) >= 11 is 0. The van der Waals surface area contributed by atoms with Crippen LogP contribution in [-0.4, -0.2) is 15.7 Å². The van der Waals surface area contributed by atoms with Crippen molar-refractivity contribution in [1.29, 1.82) is 0 Å². The number of carbonyl (C=O) groups is 1. The number of hydrogen-bond acceptors (Lipinski definition) is 3. The van der Waals surface area contributed by atoms with Crippen LogP contribution in [0, 0.1) is 0 Å². The van der Waals surface area contributed by atoms with E-state index in [-0.39, 0.29) is 23.2 Å². The summed E-state index contributed by atoms with van der Waals surface area (Å²) in [6.45, 7) is 0. The van der Waals surface area contributed by atoms with Gasteiger partial charge in [-0.1, -0.05) is 42.5 Å². The predicted molar refractivity (Wildman–Crippen MR) is 94.8 cm³/mol. The second-order valence-electron chi connectivity index (χ2n) is 6.07. The van der Waals surface area contributed by atoms with Gasteiger partial charge in [-0.25, -0.2) is 0 Å². The van der Waals surface area contributed by atoms with Crippen molar-refractivity contribution >= 4 is 5.91 Å². The number of aromatic nitrogens is 2. The van der Waals surface area contributed by atoms with Crippen LogP contribution in [0.3, 0.4) is 0 Å². The Morgan fingerprint density at radius 1 is 1.00 bits per heavy atom. The van der Waals surface area contributed by atoms with E-state index in [4.69, 9.17) is 0 Å². The first-order chi connectivity index (χ1) is 12.2. The largest absolute Gasteiger partial charge is 0.344 e. The minimum absolute atomic E-state index is 0.0115. The van der Waals surface area contributed by atoms with Gasteiger partial charge < -0.3 is 5.32 Å². The molecule has 5 heteroatoms. The number of carbonyl (C=O) groups excluding carboxylic acids is 1. The molecule has 124 valence electrons. The van der Waals surface area contributed by atoms with Crippen molar-refractivity contribution in [2.24, 2.45) is 0 Å². The number of rotatable bonds is 3. The zero-order valence-electron chi connectivity index (χ0n) is 13.6. The number of amides is 1. The zero-order valence-corrected chi connectivity index (χ0v) is 13.6. The van der Waals surface area contributed by atoms with E-state index in [0.29, 0.717) is 5.69 Å². The maximum atomic E-state index is 12.6. The number of nitrogens with zero attached hydrogens (tertiary/aromatic N) is 2. The van der Waals surface area contributed by atoms with Crippen LogP contribution < -0.4 is 10.9 Å². The Hall–Kier alpha value is -3.21. The monoisotopic (exact) mass is 331 g/mol. The lowest BCUT2D eigenvalue weighted by molar-refractivity contribution is 0.0930. The molecule has 5 nitrogen and oxygen atoms in total. The normalized spacial score (nSPS) is 15.6. The van der Waals surface area contributed by atoms with Crippen molar-refractivity contribution in [1.82, 2.24) is 15.1 Å². The van der Waals surface area contributed by atoms with Gasteiger partial charge in [0, 0.05) is 6.07 Å². The quantitative estimate of drug-likeness (QED) is 0.802. The molecule has 0 bridgehead atoms.